The number of amides is 1. The van der Waals surface area contributed by atoms with Gasteiger partial charge in [0.2, 0.25) is 5.91 Å². The average Bonchev–Trinajstić information content (AvgIpc) is 2.85. The van der Waals surface area contributed by atoms with E-state index in [1.54, 1.807) is 0 Å². The van der Waals surface area contributed by atoms with Crippen LogP contribution in [-0.4, -0.2) is 38.7 Å². The lowest BCUT2D eigenvalue weighted by atomic mass is 10.2. The highest BCUT2D eigenvalue weighted by atomic mass is 32.2. The minimum atomic E-state index is -3.09. The molecule has 2 N–H and O–H groups in total. The molecule has 5 nitrogen and oxygen atoms in total. The Bertz CT molecular complexity index is 410. The molecular weight excluding hydrogens is 240 g/mol. The van der Waals surface area contributed by atoms with Crippen LogP contribution in [0.1, 0.15) is 25.7 Å². The summed E-state index contributed by atoms with van der Waals surface area (Å²) in [5.41, 5.74) is 0. The number of hydrogen-bond donors (Lipinski definition) is 2. The molecule has 1 unspecified atom stereocenters. The largest absolute Gasteiger partial charge is 0.348 e. The highest BCUT2D eigenvalue weighted by Gasteiger charge is 2.23. The van der Waals surface area contributed by atoms with Crippen LogP contribution >= 0.6 is 0 Å². The molecule has 2 rings (SSSR count). The molecule has 0 saturated heterocycles. The van der Waals surface area contributed by atoms with E-state index in [4.69, 9.17) is 0 Å². The summed E-state index contributed by atoms with van der Waals surface area (Å²) < 4.78 is 22.3. The van der Waals surface area contributed by atoms with Gasteiger partial charge in [0.25, 0.3) is 0 Å². The molecule has 1 aliphatic carbocycles. The molecule has 96 valence electrons. The van der Waals surface area contributed by atoms with Gasteiger partial charge in [0.1, 0.15) is 0 Å². The second kappa shape index (κ2) is 5.18. The second-order valence-corrected chi connectivity index (χ2v) is 6.63. The first kappa shape index (κ1) is 12.6. The van der Waals surface area contributed by atoms with Gasteiger partial charge >= 0.3 is 0 Å². The first-order chi connectivity index (χ1) is 8.05. The fourth-order valence-electron chi connectivity index (χ4n) is 2.29. The lowest BCUT2D eigenvalue weighted by molar-refractivity contribution is -0.120. The van der Waals surface area contributed by atoms with E-state index >= 15 is 0 Å². The number of carbonyl (C=O) groups excluding carboxylic acids is 1. The first-order valence-corrected chi connectivity index (χ1v) is 7.70. The van der Waals surface area contributed by atoms with Crippen LogP contribution in [0.3, 0.4) is 0 Å². The predicted molar refractivity (Wildman–Crippen MR) is 65.1 cm³/mol. The SMILES string of the molecule is O=C(CNC1CCCC1)NC1C=CS(=O)(=O)C1. The molecule has 6 heteroatoms. The highest BCUT2D eigenvalue weighted by Crippen LogP contribution is 2.17. The van der Waals surface area contributed by atoms with Crippen LogP contribution in [0.25, 0.3) is 0 Å². The fourth-order valence-corrected chi connectivity index (χ4v) is 3.53. The van der Waals surface area contributed by atoms with Crippen molar-refractivity contribution in [3.05, 3.63) is 11.5 Å². The third kappa shape index (κ3) is 3.81. The quantitative estimate of drug-likeness (QED) is 0.741. The van der Waals surface area contributed by atoms with Gasteiger partial charge in [-0.2, -0.15) is 0 Å². The molecule has 0 aromatic rings. The molecule has 0 spiro atoms. The van der Waals surface area contributed by atoms with E-state index in [-0.39, 0.29) is 24.2 Å². The molecule has 1 aliphatic heterocycles. The van der Waals surface area contributed by atoms with Crippen LogP contribution in [0, 0.1) is 0 Å². The Morgan fingerprint density at radius 2 is 2.00 bits per heavy atom. The summed E-state index contributed by atoms with van der Waals surface area (Å²) in [5.74, 6) is -0.147. The number of carbonyl (C=O) groups is 1. The third-order valence-electron chi connectivity index (χ3n) is 3.18. The molecule has 1 atom stereocenters. The summed E-state index contributed by atoms with van der Waals surface area (Å²) in [6.07, 6.45) is 6.24. The van der Waals surface area contributed by atoms with Gasteiger partial charge in [0, 0.05) is 11.4 Å². The normalized spacial score (nSPS) is 27.4. The Labute approximate surface area is 102 Å². The predicted octanol–water partition coefficient (Wildman–Crippen LogP) is -0.0545. The standard InChI is InChI=1S/C11H18N2O3S/c14-11(7-12-9-3-1-2-4-9)13-10-5-6-17(15,16)8-10/h5-6,9-10,12H,1-4,7-8H2,(H,13,14). The lowest BCUT2D eigenvalue weighted by Crippen LogP contribution is -2.43. The van der Waals surface area contributed by atoms with Crippen LogP contribution in [0.4, 0.5) is 0 Å². The summed E-state index contributed by atoms with van der Waals surface area (Å²) >= 11 is 0. The van der Waals surface area contributed by atoms with Crippen molar-refractivity contribution < 1.29 is 13.2 Å². The maximum atomic E-state index is 11.6. The van der Waals surface area contributed by atoms with Crippen LogP contribution in [-0.2, 0) is 14.6 Å². The van der Waals surface area contributed by atoms with Crippen molar-refractivity contribution in [3.63, 3.8) is 0 Å². The van der Waals surface area contributed by atoms with Gasteiger partial charge in [0.15, 0.2) is 9.84 Å². The topological polar surface area (TPSA) is 75.3 Å². The summed E-state index contributed by atoms with van der Waals surface area (Å²) in [6, 6.07) is 0.0847. The zero-order chi connectivity index (χ0) is 12.3. The summed E-state index contributed by atoms with van der Waals surface area (Å²) in [7, 11) is -3.09. The van der Waals surface area contributed by atoms with Crippen molar-refractivity contribution in [2.24, 2.45) is 0 Å². The van der Waals surface area contributed by atoms with Crippen molar-refractivity contribution in [3.8, 4) is 0 Å². The molecule has 0 aromatic heterocycles. The number of sulfone groups is 1. The Hall–Kier alpha value is -0.880. The number of hydrogen-bond acceptors (Lipinski definition) is 4. The van der Waals surface area contributed by atoms with Gasteiger partial charge in [-0.15, -0.1) is 0 Å². The minimum absolute atomic E-state index is 0.0117. The maximum absolute atomic E-state index is 11.6. The zero-order valence-corrected chi connectivity index (χ0v) is 10.5. The molecule has 0 bridgehead atoms. The molecule has 1 amide bonds. The highest BCUT2D eigenvalue weighted by molar-refractivity contribution is 7.94. The Balaban J connectivity index is 1.69. The Morgan fingerprint density at radius 3 is 2.59 bits per heavy atom. The molecular formula is C11H18N2O3S. The summed E-state index contributed by atoms with van der Waals surface area (Å²) in [6.45, 7) is 0.273. The smallest absolute Gasteiger partial charge is 0.234 e. The number of nitrogens with one attached hydrogen (secondary N) is 2. The van der Waals surface area contributed by atoms with Crippen molar-refractivity contribution in [2.45, 2.75) is 37.8 Å². The van der Waals surface area contributed by atoms with E-state index < -0.39 is 9.84 Å². The van der Waals surface area contributed by atoms with E-state index in [2.05, 4.69) is 10.6 Å². The molecule has 1 fully saturated rings. The van der Waals surface area contributed by atoms with Crippen molar-refractivity contribution in [1.29, 1.82) is 0 Å². The van der Waals surface area contributed by atoms with E-state index in [9.17, 15) is 13.2 Å². The third-order valence-corrected chi connectivity index (χ3v) is 4.58. The Morgan fingerprint density at radius 1 is 1.29 bits per heavy atom. The first-order valence-electron chi connectivity index (χ1n) is 5.99. The van der Waals surface area contributed by atoms with Crippen LogP contribution in [0.5, 0.6) is 0 Å². The molecule has 0 aromatic carbocycles. The van der Waals surface area contributed by atoms with E-state index in [0.717, 1.165) is 12.8 Å². The van der Waals surface area contributed by atoms with E-state index in [1.807, 2.05) is 0 Å². The van der Waals surface area contributed by atoms with Gasteiger partial charge in [0.05, 0.1) is 18.3 Å². The van der Waals surface area contributed by atoms with Crippen molar-refractivity contribution in [2.75, 3.05) is 12.3 Å². The lowest BCUT2D eigenvalue weighted by Gasteiger charge is -2.13. The molecule has 2 aliphatic rings. The molecule has 17 heavy (non-hydrogen) atoms. The van der Waals surface area contributed by atoms with E-state index in [0.29, 0.717) is 6.04 Å². The van der Waals surface area contributed by atoms with Crippen molar-refractivity contribution >= 4 is 15.7 Å². The monoisotopic (exact) mass is 258 g/mol. The Kier molecular flexibility index (Phi) is 3.83. The van der Waals surface area contributed by atoms with Crippen LogP contribution in [0.2, 0.25) is 0 Å². The van der Waals surface area contributed by atoms with Gasteiger partial charge in [-0.05, 0) is 18.9 Å². The molecule has 0 radical (unpaired) electrons. The second-order valence-electron chi connectivity index (χ2n) is 4.69. The zero-order valence-electron chi connectivity index (χ0n) is 9.69. The van der Waals surface area contributed by atoms with Gasteiger partial charge in [-0.3, -0.25) is 4.79 Å². The van der Waals surface area contributed by atoms with Crippen LogP contribution in [0.15, 0.2) is 11.5 Å². The maximum Gasteiger partial charge on any atom is 0.234 e. The fraction of sp³-hybridized carbons (Fsp3) is 0.727. The van der Waals surface area contributed by atoms with E-state index in [1.165, 1.54) is 24.3 Å². The van der Waals surface area contributed by atoms with Crippen LogP contribution < -0.4 is 10.6 Å². The van der Waals surface area contributed by atoms with Gasteiger partial charge in [-0.25, -0.2) is 8.42 Å². The van der Waals surface area contributed by atoms with Crippen molar-refractivity contribution in [1.82, 2.24) is 10.6 Å². The summed E-state index contributed by atoms with van der Waals surface area (Å²) in [5, 5.41) is 7.05. The van der Waals surface area contributed by atoms with Gasteiger partial charge in [-0.1, -0.05) is 12.8 Å². The summed E-state index contributed by atoms with van der Waals surface area (Å²) in [4.78, 5) is 11.6. The molecule has 1 heterocycles. The van der Waals surface area contributed by atoms with Gasteiger partial charge < -0.3 is 10.6 Å². The average molecular weight is 258 g/mol. The molecule has 1 saturated carbocycles. The number of rotatable bonds is 4. The minimum Gasteiger partial charge on any atom is -0.348 e.